The maximum Gasteiger partial charge on any atom is 0.224 e. The lowest BCUT2D eigenvalue weighted by molar-refractivity contribution is -0.142. The van der Waals surface area contributed by atoms with Gasteiger partial charge in [0.1, 0.15) is 5.82 Å². The van der Waals surface area contributed by atoms with Gasteiger partial charge in [0, 0.05) is 44.4 Å². The highest BCUT2D eigenvalue weighted by Crippen LogP contribution is 2.34. The minimum atomic E-state index is -0.866. The summed E-state index contributed by atoms with van der Waals surface area (Å²) >= 11 is 0. The monoisotopic (exact) mass is 378 g/mol. The van der Waals surface area contributed by atoms with Gasteiger partial charge < -0.3 is 20.0 Å². The summed E-state index contributed by atoms with van der Waals surface area (Å²) in [5, 5.41) is 20.6. The molecule has 2 aliphatic heterocycles. The van der Waals surface area contributed by atoms with Gasteiger partial charge in [-0.15, -0.1) is 0 Å². The number of aliphatic hydroxyl groups is 2. The van der Waals surface area contributed by atoms with E-state index in [1.807, 2.05) is 0 Å². The molecular formula is C20H27FN2O4. The third-order valence-corrected chi connectivity index (χ3v) is 5.79. The van der Waals surface area contributed by atoms with Crippen LogP contribution in [0.1, 0.15) is 31.2 Å². The maximum absolute atomic E-state index is 13.1. The van der Waals surface area contributed by atoms with Crippen molar-refractivity contribution in [3.63, 3.8) is 0 Å². The molecule has 148 valence electrons. The molecule has 0 bridgehead atoms. The van der Waals surface area contributed by atoms with Crippen LogP contribution in [0.15, 0.2) is 24.3 Å². The Morgan fingerprint density at radius 1 is 1.26 bits per heavy atom. The lowest BCUT2D eigenvalue weighted by Crippen LogP contribution is -2.56. The second kappa shape index (κ2) is 8.35. The van der Waals surface area contributed by atoms with E-state index in [-0.39, 0.29) is 37.2 Å². The Morgan fingerprint density at radius 3 is 2.63 bits per heavy atom. The molecule has 2 saturated heterocycles. The largest absolute Gasteiger partial charge is 0.396 e. The number of halogens is 1. The maximum atomic E-state index is 13.1. The van der Waals surface area contributed by atoms with E-state index in [0.717, 1.165) is 12.0 Å². The second-order valence-corrected chi connectivity index (χ2v) is 7.68. The zero-order chi connectivity index (χ0) is 19.4. The molecule has 2 N–H and O–H groups in total. The van der Waals surface area contributed by atoms with E-state index in [0.29, 0.717) is 38.9 Å². The van der Waals surface area contributed by atoms with Gasteiger partial charge in [-0.25, -0.2) is 4.39 Å². The number of likely N-dealkylation sites (tertiary alicyclic amines) is 2. The van der Waals surface area contributed by atoms with E-state index < -0.39 is 11.5 Å². The Hall–Kier alpha value is -1.99. The molecule has 2 amide bonds. The third kappa shape index (κ3) is 4.47. The van der Waals surface area contributed by atoms with Crippen molar-refractivity contribution in [3.8, 4) is 0 Å². The van der Waals surface area contributed by atoms with E-state index in [1.54, 1.807) is 21.9 Å². The van der Waals surface area contributed by atoms with Gasteiger partial charge in [-0.05, 0) is 37.0 Å². The van der Waals surface area contributed by atoms with Gasteiger partial charge in [0.25, 0.3) is 0 Å². The molecule has 2 fully saturated rings. The van der Waals surface area contributed by atoms with E-state index >= 15 is 0 Å². The Balaban J connectivity index is 1.64. The number of carbonyl (C=O) groups excluding carboxylic acids is 2. The summed E-state index contributed by atoms with van der Waals surface area (Å²) < 4.78 is 13.1. The van der Waals surface area contributed by atoms with Crippen molar-refractivity contribution in [3.05, 3.63) is 35.6 Å². The van der Waals surface area contributed by atoms with Crippen molar-refractivity contribution in [1.29, 1.82) is 0 Å². The smallest absolute Gasteiger partial charge is 0.224 e. The van der Waals surface area contributed by atoms with E-state index in [9.17, 15) is 24.2 Å². The number of piperidine rings is 1. The number of aliphatic hydroxyl groups excluding tert-OH is 2. The van der Waals surface area contributed by atoms with Crippen molar-refractivity contribution in [2.75, 3.05) is 32.8 Å². The third-order valence-electron chi connectivity index (χ3n) is 5.79. The minimum absolute atomic E-state index is 0.0708. The average Bonchev–Trinajstić information content (AvgIpc) is 3.08. The summed E-state index contributed by atoms with van der Waals surface area (Å²) in [5.41, 5.74) is -0.0590. The first-order valence-electron chi connectivity index (χ1n) is 9.52. The van der Waals surface area contributed by atoms with Crippen LogP contribution in [0.3, 0.4) is 0 Å². The normalized spacial score (nSPS) is 25.9. The Labute approximate surface area is 158 Å². The lowest BCUT2D eigenvalue weighted by Gasteiger charge is -2.45. The second-order valence-electron chi connectivity index (χ2n) is 7.68. The topological polar surface area (TPSA) is 81.1 Å². The molecular weight excluding hydrogens is 351 g/mol. The van der Waals surface area contributed by atoms with E-state index in [1.165, 1.54) is 12.1 Å². The fourth-order valence-corrected chi connectivity index (χ4v) is 4.08. The highest BCUT2D eigenvalue weighted by atomic mass is 19.1. The molecule has 0 unspecified atom stereocenters. The number of amides is 2. The molecule has 0 aliphatic carbocycles. The molecule has 6 nitrogen and oxygen atoms in total. The van der Waals surface area contributed by atoms with Crippen LogP contribution in [0.5, 0.6) is 0 Å². The summed E-state index contributed by atoms with van der Waals surface area (Å²) in [6.45, 7) is 1.53. The first-order chi connectivity index (χ1) is 12.9. The molecule has 27 heavy (non-hydrogen) atoms. The Morgan fingerprint density at radius 2 is 2.00 bits per heavy atom. The van der Waals surface area contributed by atoms with Crippen LogP contribution in [0.4, 0.5) is 4.39 Å². The molecule has 2 aliphatic rings. The van der Waals surface area contributed by atoms with Crippen LogP contribution < -0.4 is 0 Å². The standard InChI is InChI=1S/C20H27FN2O4/c21-16-5-3-15(4-6-16)12-20(14-24)13-23(10-7-17(20)25)19(27)8-11-22-9-1-2-18(22)26/h3-6,17,24-25H,1-2,7-14H2/t17-,20-/m0/s1. The Kier molecular flexibility index (Phi) is 6.11. The van der Waals surface area contributed by atoms with Crippen LogP contribution in [0.2, 0.25) is 0 Å². The van der Waals surface area contributed by atoms with Crippen molar-refractivity contribution >= 4 is 11.8 Å². The van der Waals surface area contributed by atoms with Crippen molar-refractivity contribution in [1.82, 2.24) is 9.80 Å². The fraction of sp³-hybridized carbons (Fsp3) is 0.600. The predicted octanol–water partition coefficient (Wildman–Crippen LogP) is 0.953. The van der Waals surface area contributed by atoms with Gasteiger partial charge in [-0.2, -0.15) is 0 Å². The molecule has 0 aromatic heterocycles. The highest BCUT2D eigenvalue weighted by Gasteiger charge is 2.43. The summed E-state index contributed by atoms with van der Waals surface area (Å²) in [6, 6.07) is 5.98. The molecule has 3 rings (SSSR count). The zero-order valence-electron chi connectivity index (χ0n) is 15.4. The molecule has 2 atom stereocenters. The SMILES string of the molecule is O=C1CCCN1CCC(=O)N1CC[C@H](O)[C@@](CO)(Cc2ccc(F)cc2)C1. The van der Waals surface area contributed by atoms with E-state index in [4.69, 9.17) is 0 Å². The predicted molar refractivity (Wildman–Crippen MR) is 97.3 cm³/mol. The minimum Gasteiger partial charge on any atom is -0.396 e. The lowest BCUT2D eigenvalue weighted by atomic mass is 9.73. The molecule has 2 heterocycles. The van der Waals surface area contributed by atoms with Gasteiger partial charge in [0.15, 0.2) is 0 Å². The molecule has 0 spiro atoms. The quantitative estimate of drug-likeness (QED) is 0.772. The molecule has 7 heteroatoms. The van der Waals surface area contributed by atoms with Gasteiger partial charge in [-0.1, -0.05) is 12.1 Å². The molecule has 0 radical (unpaired) electrons. The van der Waals surface area contributed by atoms with E-state index in [2.05, 4.69) is 0 Å². The van der Waals surface area contributed by atoms with Crippen LogP contribution in [0, 0.1) is 11.2 Å². The number of hydrogen-bond donors (Lipinski definition) is 2. The van der Waals surface area contributed by atoms with Crippen LogP contribution >= 0.6 is 0 Å². The fourth-order valence-electron chi connectivity index (χ4n) is 4.08. The zero-order valence-corrected chi connectivity index (χ0v) is 15.4. The van der Waals surface area contributed by atoms with Crippen LogP contribution in [-0.2, 0) is 16.0 Å². The van der Waals surface area contributed by atoms with Gasteiger partial charge in [0.05, 0.1) is 12.7 Å². The van der Waals surface area contributed by atoms with Crippen molar-refractivity contribution in [2.24, 2.45) is 5.41 Å². The molecule has 0 saturated carbocycles. The molecule has 1 aromatic carbocycles. The first-order valence-corrected chi connectivity index (χ1v) is 9.52. The number of carbonyl (C=O) groups is 2. The summed E-state index contributed by atoms with van der Waals surface area (Å²) in [6.07, 6.45) is 1.65. The van der Waals surface area contributed by atoms with Crippen molar-refractivity contribution in [2.45, 2.75) is 38.2 Å². The average molecular weight is 378 g/mol. The number of benzene rings is 1. The van der Waals surface area contributed by atoms with Crippen LogP contribution in [-0.4, -0.2) is 70.7 Å². The summed E-state index contributed by atoms with van der Waals surface area (Å²) in [7, 11) is 0. The van der Waals surface area contributed by atoms with Gasteiger partial charge in [-0.3, -0.25) is 9.59 Å². The number of hydrogen-bond acceptors (Lipinski definition) is 4. The van der Waals surface area contributed by atoms with Gasteiger partial charge >= 0.3 is 0 Å². The summed E-state index contributed by atoms with van der Waals surface area (Å²) in [4.78, 5) is 27.7. The molecule has 1 aromatic rings. The van der Waals surface area contributed by atoms with Gasteiger partial charge in [0.2, 0.25) is 11.8 Å². The highest BCUT2D eigenvalue weighted by molar-refractivity contribution is 5.80. The first kappa shape index (κ1) is 19.8. The van der Waals surface area contributed by atoms with Crippen molar-refractivity contribution < 1.29 is 24.2 Å². The number of nitrogens with zero attached hydrogens (tertiary/aromatic N) is 2. The summed E-state index contributed by atoms with van der Waals surface area (Å²) in [5.74, 6) is -0.314. The van der Waals surface area contributed by atoms with Crippen LogP contribution in [0.25, 0.3) is 0 Å². The Bertz CT molecular complexity index is 681. The number of rotatable bonds is 6.